The molecule has 1 saturated carbocycles. The van der Waals surface area contributed by atoms with Gasteiger partial charge in [-0.25, -0.2) is 14.4 Å². The minimum Gasteiger partial charge on any atom is -0.642 e. The summed E-state index contributed by atoms with van der Waals surface area (Å²) in [7, 11) is 0.132. The molecule has 0 spiro atoms. The molecule has 1 radical (unpaired) electrons. The van der Waals surface area contributed by atoms with Gasteiger partial charge in [-0.2, -0.15) is 5.10 Å². The summed E-state index contributed by atoms with van der Waals surface area (Å²) in [6, 6.07) is 3.70. The van der Waals surface area contributed by atoms with Crippen LogP contribution in [0.15, 0.2) is 30.7 Å². The van der Waals surface area contributed by atoms with E-state index in [0.29, 0.717) is 17.0 Å². The van der Waals surface area contributed by atoms with Crippen molar-refractivity contribution < 1.29 is 67.1 Å². The fourth-order valence-corrected chi connectivity index (χ4v) is 4.28. The predicted molar refractivity (Wildman–Crippen MR) is 153 cm³/mol. The normalized spacial score (nSPS) is 14.1. The molecule has 229 valence electrons. The van der Waals surface area contributed by atoms with E-state index < -0.39 is 37.0 Å². The molecule has 5 rings (SSSR count). The SMILES string of the molecule is CC(=O)O[B-](OC(C)=O)OC(C)=O.Cn1cc2cc(NC(=O)c3cnc(N4CC(CCNC5CC5)C4)cn3)cc(F)c2n1.[Na+]. The summed E-state index contributed by atoms with van der Waals surface area (Å²) in [6.45, 7) is 6.31. The van der Waals surface area contributed by atoms with Gasteiger partial charge in [-0.1, -0.05) is 0 Å². The van der Waals surface area contributed by atoms with Crippen molar-refractivity contribution in [2.24, 2.45) is 13.0 Å². The van der Waals surface area contributed by atoms with E-state index in [1.165, 1.54) is 36.2 Å². The molecule has 2 aromatic heterocycles. The number of amides is 1. The molecular weight excluding hydrogens is 587 g/mol. The number of carbonyl (C=O) groups excluding carboxylic acids is 4. The zero-order chi connectivity index (χ0) is 31.1. The molecule has 2 fully saturated rings. The Balaban J connectivity index is 0.000000324. The van der Waals surface area contributed by atoms with Gasteiger partial charge in [-0.05, 0) is 43.9 Å². The van der Waals surface area contributed by atoms with Crippen LogP contribution in [0.25, 0.3) is 10.9 Å². The van der Waals surface area contributed by atoms with E-state index in [9.17, 15) is 23.6 Å². The number of halogens is 1. The molecule has 1 aliphatic heterocycles. The molecule has 2 aliphatic rings. The number of aryl methyl sites for hydroxylation is 1. The average molecular weight is 620 g/mol. The van der Waals surface area contributed by atoms with Crippen molar-refractivity contribution >= 4 is 53.5 Å². The Bertz CT molecular complexity index is 1450. The van der Waals surface area contributed by atoms with E-state index in [1.54, 1.807) is 25.5 Å². The van der Waals surface area contributed by atoms with Crippen LogP contribution < -0.4 is 45.1 Å². The third kappa shape index (κ3) is 10.5. The Morgan fingerprint density at radius 2 is 1.64 bits per heavy atom. The van der Waals surface area contributed by atoms with Crippen LogP contribution in [0, 0.1) is 11.7 Å². The second-order valence-electron chi connectivity index (χ2n) is 10.3. The number of hydrogen-bond donors (Lipinski definition) is 2. The molecule has 1 saturated heterocycles. The first kappa shape index (κ1) is 34.9. The van der Waals surface area contributed by atoms with Gasteiger partial charge in [0, 0.05) is 64.2 Å². The molecule has 0 unspecified atom stereocenters. The quantitative estimate of drug-likeness (QED) is 0.266. The summed E-state index contributed by atoms with van der Waals surface area (Å²) < 4.78 is 28.8. The van der Waals surface area contributed by atoms with Gasteiger partial charge in [-0.15, -0.1) is 0 Å². The van der Waals surface area contributed by atoms with E-state index in [0.717, 1.165) is 52.3 Å². The molecule has 1 aromatic carbocycles. The van der Waals surface area contributed by atoms with Crippen LogP contribution >= 0.6 is 0 Å². The average Bonchev–Trinajstić information content (AvgIpc) is 3.63. The third-order valence-electron chi connectivity index (χ3n) is 6.44. The number of aromatic nitrogens is 4. The topological polar surface area (TPSA) is 167 Å². The minimum atomic E-state index is -1.59. The van der Waals surface area contributed by atoms with E-state index in [1.807, 2.05) is 0 Å². The number of benzene rings is 1. The second kappa shape index (κ2) is 15.9. The largest absolute Gasteiger partial charge is 1.00 e. The summed E-state index contributed by atoms with van der Waals surface area (Å²) in [6.07, 6.45) is 8.60. The van der Waals surface area contributed by atoms with Crippen molar-refractivity contribution in [2.45, 2.75) is 46.1 Å². The maximum absolute atomic E-state index is 14.2. The summed E-state index contributed by atoms with van der Waals surface area (Å²) in [5, 5.41) is 10.9. The van der Waals surface area contributed by atoms with Crippen molar-refractivity contribution in [1.29, 1.82) is 0 Å². The minimum absolute atomic E-state index is 0. The van der Waals surface area contributed by atoms with Crippen LogP contribution in [0.5, 0.6) is 0 Å². The molecule has 0 bridgehead atoms. The van der Waals surface area contributed by atoms with Crippen LogP contribution in [-0.2, 0) is 35.4 Å². The molecular formula is C27H33BFN7NaO7. The number of carbonyl (C=O) groups is 4. The Hall–Kier alpha value is -3.60. The van der Waals surface area contributed by atoms with Gasteiger partial charge in [0.05, 0.1) is 12.4 Å². The van der Waals surface area contributed by atoms with Crippen molar-refractivity contribution in [3.63, 3.8) is 0 Å². The number of nitrogens with zero attached hydrogens (tertiary/aromatic N) is 5. The molecule has 14 nitrogen and oxygen atoms in total. The fourth-order valence-electron chi connectivity index (χ4n) is 4.28. The first-order valence-electron chi connectivity index (χ1n) is 13.7. The molecule has 3 aromatic rings. The van der Waals surface area contributed by atoms with Crippen LogP contribution in [-0.4, -0.2) is 76.6 Å². The van der Waals surface area contributed by atoms with Gasteiger partial charge in [0.25, 0.3) is 23.8 Å². The van der Waals surface area contributed by atoms with Crippen LogP contribution in [0.2, 0.25) is 0 Å². The van der Waals surface area contributed by atoms with Gasteiger partial charge in [-0.3, -0.25) is 23.9 Å². The molecule has 17 heteroatoms. The Morgan fingerprint density at radius 1 is 1.00 bits per heavy atom. The van der Waals surface area contributed by atoms with E-state index in [-0.39, 0.29) is 40.8 Å². The number of fused-ring (bicyclic) bond motifs is 1. The summed E-state index contributed by atoms with van der Waals surface area (Å²) in [4.78, 5) is 54.5. The van der Waals surface area contributed by atoms with E-state index >= 15 is 0 Å². The molecule has 1 amide bonds. The molecule has 1 aliphatic carbocycles. The van der Waals surface area contributed by atoms with E-state index in [2.05, 4.69) is 44.6 Å². The summed E-state index contributed by atoms with van der Waals surface area (Å²) in [5.74, 6) is -1.60. The molecule has 44 heavy (non-hydrogen) atoms. The number of hydrogen-bond acceptors (Lipinski definition) is 12. The zero-order valence-corrected chi connectivity index (χ0v) is 27.3. The summed E-state index contributed by atoms with van der Waals surface area (Å²) in [5.41, 5.74) is 0.821. The third-order valence-corrected chi connectivity index (χ3v) is 6.44. The number of nitrogens with one attached hydrogen (secondary N) is 2. The van der Waals surface area contributed by atoms with Crippen molar-refractivity contribution in [3.8, 4) is 0 Å². The second-order valence-corrected chi connectivity index (χ2v) is 10.3. The molecule has 3 heterocycles. The van der Waals surface area contributed by atoms with Crippen LogP contribution in [0.4, 0.5) is 15.9 Å². The zero-order valence-electron chi connectivity index (χ0n) is 25.3. The van der Waals surface area contributed by atoms with Crippen molar-refractivity contribution in [2.75, 3.05) is 29.9 Å². The number of rotatable bonds is 10. The maximum Gasteiger partial charge on any atom is 1.00 e. The molecule has 0 atom stereocenters. The van der Waals surface area contributed by atoms with Crippen LogP contribution in [0.1, 0.15) is 50.5 Å². The smallest absolute Gasteiger partial charge is 0.642 e. The van der Waals surface area contributed by atoms with Gasteiger partial charge >= 0.3 is 36.9 Å². The van der Waals surface area contributed by atoms with Crippen molar-refractivity contribution in [1.82, 2.24) is 25.1 Å². The van der Waals surface area contributed by atoms with Gasteiger partial charge in [0.2, 0.25) is 0 Å². The first-order valence-corrected chi connectivity index (χ1v) is 13.7. The Morgan fingerprint density at radius 3 is 2.18 bits per heavy atom. The predicted octanol–water partition coefficient (Wildman–Crippen LogP) is -1.00. The van der Waals surface area contributed by atoms with Gasteiger partial charge < -0.3 is 29.5 Å². The monoisotopic (exact) mass is 620 g/mol. The standard InChI is InChI=1S/C21H24FN7O.C6H9BO6.Na/c1-28-12-14-6-16(7-17(22)20(14)27-28)26-21(30)18-8-25-19(9-24-18)29-10-13(11-29)4-5-23-15-2-3-15;1-4(8)11-7(12-5(2)9)13-6(3)10;/h6-9,12-13,15,23H,2-5,10-11H2,1H3,(H,26,30);1-3H3;/q;-1;+1. The number of anilines is 2. The van der Waals surface area contributed by atoms with Gasteiger partial charge in [0.15, 0.2) is 5.82 Å². The van der Waals surface area contributed by atoms with Gasteiger partial charge in [0.1, 0.15) is 17.0 Å². The maximum atomic E-state index is 14.2. The van der Waals surface area contributed by atoms with Crippen LogP contribution in [0.3, 0.4) is 0 Å². The van der Waals surface area contributed by atoms with Crippen molar-refractivity contribution in [3.05, 3.63) is 42.2 Å². The summed E-state index contributed by atoms with van der Waals surface area (Å²) >= 11 is 0. The first-order chi connectivity index (χ1) is 20.5. The fraction of sp³-hybridized carbons (Fsp3) is 0.444. The van der Waals surface area contributed by atoms with E-state index in [4.69, 9.17) is 0 Å². The molecule has 2 N–H and O–H groups in total. The Labute approximate surface area is 275 Å². The Kier molecular flexibility index (Phi) is 12.6.